The smallest absolute Gasteiger partial charge is 0.274 e. The number of aromatic nitrogens is 1. The van der Waals surface area contributed by atoms with Crippen LogP contribution in [0, 0.1) is 0 Å². The van der Waals surface area contributed by atoms with E-state index < -0.39 is 11.7 Å². The van der Waals surface area contributed by atoms with Crippen LogP contribution < -0.4 is 0 Å². The summed E-state index contributed by atoms with van der Waals surface area (Å²) in [5, 5.41) is -0.0859. The molecule has 3 rings (SSSR count). The minimum Gasteiger partial charge on any atom is -0.274 e. The molecule has 0 radical (unpaired) electrons. The van der Waals surface area contributed by atoms with Crippen LogP contribution in [0.25, 0.3) is 0 Å². The highest BCUT2D eigenvalue weighted by Gasteiger charge is 2.34. The summed E-state index contributed by atoms with van der Waals surface area (Å²) in [6, 6.07) is 7.36. The van der Waals surface area contributed by atoms with Crippen LogP contribution in [0.4, 0.5) is 13.2 Å². The molecule has 0 saturated heterocycles. The standard InChI is InChI=1S/C17H12ClF3N2O2/c18-13-8-10(17(19,20)21)9-22-14(13)6-3-7-23-15(24)11-4-1-2-5-12(11)16(23)25/h1-2,4-5,8-9H,3,6-7H2. The van der Waals surface area contributed by atoms with Crippen LogP contribution in [0.15, 0.2) is 36.5 Å². The van der Waals surface area contributed by atoms with Crippen molar-refractivity contribution in [2.75, 3.05) is 6.54 Å². The molecule has 0 spiro atoms. The quantitative estimate of drug-likeness (QED) is 0.767. The van der Waals surface area contributed by atoms with Crippen molar-refractivity contribution in [1.29, 1.82) is 0 Å². The Balaban J connectivity index is 1.65. The Morgan fingerprint density at radius 1 is 1.08 bits per heavy atom. The van der Waals surface area contributed by atoms with E-state index in [0.29, 0.717) is 23.2 Å². The third-order valence-corrected chi connectivity index (χ3v) is 4.25. The van der Waals surface area contributed by atoms with Crippen molar-refractivity contribution >= 4 is 23.4 Å². The first-order valence-electron chi connectivity index (χ1n) is 7.46. The highest BCUT2D eigenvalue weighted by atomic mass is 35.5. The summed E-state index contributed by atoms with van der Waals surface area (Å²) < 4.78 is 37.8. The molecule has 2 heterocycles. The van der Waals surface area contributed by atoms with Gasteiger partial charge in [0.25, 0.3) is 11.8 Å². The Kier molecular flexibility index (Phi) is 4.51. The van der Waals surface area contributed by atoms with Gasteiger partial charge in [-0.1, -0.05) is 23.7 Å². The predicted octanol–water partition coefficient (Wildman–Crippen LogP) is 3.98. The lowest BCUT2D eigenvalue weighted by Crippen LogP contribution is -2.31. The number of benzene rings is 1. The summed E-state index contributed by atoms with van der Waals surface area (Å²) in [7, 11) is 0. The molecule has 0 aliphatic carbocycles. The second kappa shape index (κ2) is 6.48. The van der Waals surface area contributed by atoms with Gasteiger partial charge in [0.15, 0.2) is 0 Å². The molecule has 1 aliphatic rings. The van der Waals surface area contributed by atoms with Gasteiger partial charge in [-0.25, -0.2) is 0 Å². The van der Waals surface area contributed by atoms with E-state index in [1.165, 1.54) is 0 Å². The van der Waals surface area contributed by atoms with E-state index >= 15 is 0 Å². The van der Waals surface area contributed by atoms with Gasteiger partial charge < -0.3 is 0 Å². The van der Waals surface area contributed by atoms with Gasteiger partial charge >= 0.3 is 6.18 Å². The van der Waals surface area contributed by atoms with Gasteiger partial charge in [0.2, 0.25) is 0 Å². The summed E-state index contributed by atoms with van der Waals surface area (Å²) in [5.74, 6) is -0.737. The van der Waals surface area contributed by atoms with Gasteiger partial charge in [-0.15, -0.1) is 0 Å². The SMILES string of the molecule is O=C1c2ccccc2C(=O)N1CCCc1ncc(C(F)(F)F)cc1Cl. The molecule has 1 aromatic carbocycles. The zero-order valence-corrected chi connectivity index (χ0v) is 13.6. The largest absolute Gasteiger partial charge is 0.417 e. The van der Waals surface area contributed by atoms with Crippen molar-refractivity contribution in [3.05, 3.63) is 63.9 Å². The van der Waals surface area contributed by atoms with Crippen LogP contribution in [0.2, 0.25) is 5.02 Å². The number of aryl methyl sites for hydroxylation is 1. The van der Waals surface area contributed by atoms with Crippen molar-refractivity contribution < 1.29 is 22.8 Å². The Hall–Kier alpha value is -2.41. The highest BCUT2D eigenvalue weighted by Crippen LogP contribution is 2.31. The second-order valence-electron chi connectivity index (χ2n) is 5.56. The Labute approximate surface area is 146 Å². The molecule has 0 atom stereocenters. The van der Waals surface area contributed by atoms with Crippen molar-refractivity contribution in [3.8, 4) is 0 Å². The topological polar surface area (TPSA) is 50.3 Å². The average molecular weight is 369 g/mol. The Morgan fingerprint density at radius 3 is 2.20 bits per heavy atom. The molecule has 2 amide bonds. The van der Waals surface area contributed by atoms with E-state index in [0.717, 1.165) is 17.2 Å². The first kappa shape index (κ1) is 17.4. The fourth-order valence-electron chi connectivity index (χ4n) is 2.65. The molecule has 25 heavy (non-hydrogen) atoms. The third-order valence-electron chi connectivity index (χ3n) is 3.92. The van der Waals surface area contributed by atoms with Crippen molar-refractivity contribution in [3.63, 3.8) is 0 Å². The maximum Gasteiger partial charge on any atom is 0.417 e. The molecule has 8 heteroatoms. The van der Waals surface area contributed by atoms with Crippen LogP contribution in [0.1, 0.15) is 38.4 Å². The summed E-state index contributed by atoms with van der Waals surface area (Å²) in [5.41, 5.74) is 0.101. The number of halogens is 4. The fourth-order valence-corrected chi connectivity index (χ4v) is 2.91. The molecule has 0 saturated carbocycles. The number of carbonyl (C=O) groups is 2. The van der Waals surface area contributed by atoms with Gasteiger partial charge in [0.05, 0.1) is 27.4 Å². The van der Waals surface area contributed by atoms with E-state index in [2.05, 4.69) is 4.98 Å². The van der Waals surface area contributed by atoms with Gasteiger partial charge in [0, 0.05) is 12.7 Å². The van der Waals surface area contributed by atoms with Crippen LogP contribution >= 0.6 is 11.6 Å². The molecule has 130 valence electrons. The first-order valence-corrected chi connectivity index (χ1v) is 7.83. The highest BCUT2D eigenvalue weighted by molar-refractivity contribution is 6.31. The molecule has 0 N–H and O–H groups in total. The van der Waals surface area contributed by atoms with Crippen LogP contribution in [-0.2, 0) is 12.6 Å². The van der Waals surface area contributed by atoms with E-state index in [4.69, 9.17) is 11.6 Å². The number of carbonyl (C=O) groups excluding carboxylic acids is 2. The number of alkyl halides is 3. The minimum atomic E-state index is -4.50. The zero-order valence-electron chi connectivity index (χ0n) is 12.8. The van der Waals surface area contributed by atoms with Crippen LogP contribution in [0.5, 0.6) is 0 Å². The molecule has 4 nitrogen and oxygen atoms in total. The van der Waals surface area contributed by atoms with Crippen molar-refractivity contribution in [1.82, 2.24) is 9.88 Å². The minimum absolute atomic E-state index is 0.0859. The number of imide groups is 1. The molecular formula is C17H12ClF3N2O2. The van der Waals surface area contributed by atoms with Gasteiger partial charge in [-0.3, -0.25) is 19.5 Å². The molecule has 0 bridgehead atoms. The lowest BCUT2D eigenvalue weighted by atomic mass is 10.1. The lowest BCUT2D eigenvalue weighted by Gasteiger charge is -2.14. The molecule has 1 aliphatic heterocycles. The van der Waals surface area contributed by atoms with Crippen molar-refractivity contribution in [2.24, 2.45) is 0 Å². The Morgan fingerprint density at radius 2 is 1.68 bits per heavy atom. The average Bonchev–Trinajstić information content (AvgIpc) is 2.80. The van der Waals surface area contributed by atoms with E-state index in [1.54, 1.807) is 24.3 Å². The Bertz CT molecular complexity index is 817. The number of amides is 2. The fraction of sp³-hybridized carbons (Fsp3) is 0.235. The molecular weight excluding hydrogens is 357 g/mol. The van der Waals surface area contributed by atoms with E-state index in [-0.39, 0.29) is 29.8 Å². The van der Waals surface area contributed by atoms with Crippen molar-refractivity contribution in [2.45, 2.75) is 19.0 Å². The maximum absolute atomic E-state index is 12.6. The number of hydrogen-bond donors (Lipinski definition) is 0. The summed E-state index contributed by atoms with van der Waals surface area (Å²) >= 11 is 5.85. The zero-order chi connectivity index (χ0) is 18.2. The number of pyridine rings is 1. The third kappa shape index (κ3) is 3.37. The normalized spacial score (nSPS) is 14.2. The maximum atomic E-state index is 12.6. The first-order chi connectivity index (χ1) is 11.8. The molecule has 0 unspecified atom stereocenters. The molecule has 2 aromatic rings. The predicted molar refractivity (Wildman–Crippen MR) is 84.4 cm³/mol. The lowest BCUT2D eigenvalue weighted by molar-refractivity contribution is -0.137. The summed E-state index contributed by atoms with van der Waals surface area (Å²) in [6.45, 7) is 0.144. The van der Waals surface area contributed by atoms with E-state index in [1.807, 2.05) is 0 Å². The van der Waals surface area contributed by atoms with Crippen LogP contribution in [-0.4, -0.2) is 28.2 Å². The number of rotatable bonds is 4. The second-order valence-corrected chi connectivity index (χ2v) is 5.97. The summed E-state index contributed by atoms with van der Waals surface area (Å²) in [6.07, 6.45) is -3.17. The monoisotopic (exact) mass is 368 g/mol. The summed E-state index contributed by atoms with van der Waals surface area (Å²) in [4.78, 5) is 29.3. The molecule has 1 aromatic heterocycles. The van der Waals surface area contributed by atoms with Gasteiger partial charge in [-0.2, -0.15) is 13.2 Å². The molecule has 0 fully saturated rings. The van der Waals surface area contributed by atoms with Gasteiger partial charge in [0.1, 0.15) is 0 Å². The number of hydrogen-bond acceptors (Lipinski definition) is 3. The number of fused-ring (bicyclic) bond motifs is 1. The van der Waals surface area contributed by atoms with Crippen LogP contribution in [0.3, 0.4) is 0 Å². The number of nitrogens with zero attached hydrogens (tertiary/aromatic N) is 2. The van der Waals surface area contributed by atoms with E-state index in [9.17, 15) is 22.8 Å². The van der Waals surface area contributed by atoms with Gasteiger partial charge in [-0.05, 0) is 31.0 Å².